The van der Waals surface area contributed by atoms with Crippen LogP contribution in [0.1, 0.15) is 33.6 Å². The lowest BCUT2D eigenvalue weighted by Crippen LogP contribution is -2.48. The number of carbonyl (C=O) groups is 2. The van der Waals surface area contributed by atoms with Crippen LogP contribution in [0.5, 0.6) is 0 Å². The fourth-order valence-corrected chi connectivity index (χ4v) is 1.95. The van der Waals surface area contributed by atoms with Crippen LogP contribution < -0.4 is 11.1 Å². The standard InChI is InChI=1S/C12H23N3O2/c1-4-15(8-12(2,3)7-13)11(17)9-5-6-10(16)14-9/h9H,4-8,13H2,1-3H3,(H,14,16). The van der Waals surface area contributed by atoms with E-state index in [4.69, 9.17) is 5.73 Å². The van der Waals surface area contributed by atoms with Gasteiger partial charge < -0.3 is 16.0 Å². The van der Waals surface area contributed by atoms with Crippen LogP contribution in [0.25, 0.3) is 0 Å². The summed E-state index contributed by atoms with van der Waals surface area (Å²) in [5.41, 5.74) is 5.59. The van der Waals surface area contributed by atoms with Gasteiger partial charge in [-0.1, -0.05) is 13.8 Å². The van der Waals surface area contributed by atoms with Gasteiger partial charge in [-0.25, -0.2) is 0 Å². The number of likely N-dealkylation sites (N-methyl/N-ethyl adjacent to an activating group) is 1. The molecule has 0 saturated carbocycles. The Hall–Kier alpha value is -1.10. The summed E-state index contributed by atoms with van der Waals surface area (Å²) in [4.78, 5) is 25.1. The third kappa shape index (κ3) is 3.70. The zero-order valence-electron chi connectivity index (χ0n) is 11.0. The summed E-state index contributed by atoms with van der Waals surface area (Å²) in [5.74, 6) is -0.0163. The third-order valence-corrected chi connectivity index (χ3v) is 3.16. The molecule has 1 rings (SSSR count). The Morgan fingerprint density at radius 2 is 2.24 bits per heavy atom. The molecule has 0 aliphatic carbocycles. The number of hydrogen-bond donors (Lipinski definition) is 2. The van der Waals surface area contributed by atoms with E-state index in [-0.39, 0.29) is 23.3 Å². The van der Waals surface area contributed by atoms with E-state index in [1.165, 1.54) is 0 Å². The lowest BCUT2D eigenvalue weighted by atomic mass is 9.93. The molecular weight excluding hydrogens is 218 g/mol. The maximum atomic E-state index is 12.2. The average Bonchev–Trinajstić information content (AvgIpc) is 2.72. The Morgan fingerprint density at radius 1 is 1.59 bits per heavy atom. The summed E-state index contributed by atoms with van der Waals surface area (Å²) in [6.07, 6.45) is 1.06. The van der Waals surface area contributed by atoms with E-state index in [9.17, 15) is 9.59 Å². The van der Waals surface area contributed by atoms with E-state index in [1.807, 2.05) is 20.8 Å². The van der Waals surface area contributed by atoms with E-state index >= 15 is 0 Å². The lowest BCUT2D eigenvalue weighted by molar-refractivity contribution is -0.135. The molecule has 3 N–H and O–H groups in total. The van der Waals surface area contributed by atoms with Crippen molar-refractivity contribution in [2.75, 3.05) is 19.6 Å². The minimum Gasteiger partial charge on any atom is -0.344 e. The number of nitrogens with two attached hydrogens (primary N) is 1. The van der Waals surface area contributed by atoms with Crippen molar-refractivity contribution in [2.24, 2.45) is 11.1 Å². The first-order valence-electron chi connectivity index (χ1n) is 6.18. The molecule has 0 aromatic carbocycles. The average molecular weight is 241 g/mol. The van der Waals surface area contributed by atoms with Crippen LogP contribution in [0.15, 0.2) is 0 Å². The maximum absolute atomic E-state index is 12.2. The van der Waals surface area contributed by atoms with Crippen molar-refractivity contribution in [3.63, 3.8) is 0 Å². The van der Waals surface area contributed by atoms with E-state index in [0.29, 0.717) is 32.5 Å². The fraction of sp³-hybridized carbons (Fsp3) is 0.833. The number of amides is 2. The molecule has 1 heterocycles. The van der Waals surface area contributed by atoms with Crippen molar-refractivity contribution in [3.05, 3.63) is 0 Å². The van der Waals surface area contributed by atoms with Gasteiger partial charge in [-0.2, -0.15) is 0 Å². The maximum Gasteiger partial charge on any atom is 0.245 e. The molecule has 1 atom stereocenters. The summed E-state index contributed by atoms with van der Waals surface area (Å²) in [6.45, 7) is 7.83. The first-order chi connectivity index (χ1) is 7.89. The van der Waals surface area contributed by atoms with Gasteiger partial charge in [0.25, 0.3) is 0 Å². The minimum absolute atomic E-state index is 0.0138. The third-order valence-electron chi connectivity index (χ3n) is 3.16. The fourth-order valence-electron chi connectivity index (χ4n) is 1.95. The van der Waals surface area contributed by atoms with Crippen molar-refractivity contribution in [1.29, 1.82) is 0 Å². The van der Waals surface area contributed by atoms with Crippen LogP contribution in [-0.4, -0.2) is 42.4 Å². The molecule has 1 saturated heterocycles. The lowest BCUT2D eigenvalue weighted by Gasteiger charge is -2.32. The van der Waals surface area contributed by atoms with Gasteiger partial charge in [0.2, 0.25) is 11.8 Å². The topological polar surface area (TPSA) is 75.4 Å². The highest BCUT2D eigenvalue weighted by Gasteiger charge is 2.32. The van der Waals surface area contributed by atoms with Crippen LogP contribution in [0.4, 0.5) is 0 Å². The Kier molecular flexibility index (Phi) is 4.51. The molecule has 17 heavy (non-hydrogen) atoms. The second kappa shape index (κ2) is 5.49. The largest absolute Gasteiger partial charge is 0.344 e. The summed E-state index contributed by atoms with van der Waals surface area (Å²) in [5, 5.41) is 2.71. The molecule has 0 aromatic heterocycles. The van der Waals surface area contributed by atoms with Gasteiger partial charge in [0.1, 0.15) is 6.04 Å². The van der Waals surface area contributed by atoms with Crippen molar-refractivity contribution >= 4 is 11.8 Å². The Bertz CT molecular complexity index is 302. The molecule has 0 spiro atoms. The highest BCUT2D eigenvalue weighted by atomic mass is 16.2. The van der Waals surface area contributed by atoms with Crippen molar-refractivity contribution < 1.29 is 9.59 Å². The van der Waals surface area contributed by atoms with E-state index in [0.717, 1.165) is 0 Å². The van der Waals surface area contributed by atoms with Crippen LogP contribution in [0, 0.1) is 5.41 Å². The van der Waals surface area contributed by atoms with E-state index < -0.39 is 0 Å². The minimum atomic E-state index is -0.337. The zero-order chi connectivity index (χ0) is 13.1. The summed E-state index contributed by atoms with van der Waals surface area (Å²) >= 11 is 0. The van der Waals surface area contributed by atoms with E-state index in [2.05, 4.69) is 5.32 Å². The SMILES string of the molecule is CCN(CC(C)(C)CN)C(=O)C1CCC(=O)N1. The highest BCUT2D eigenvalue weighted by molar-refractivity contribution is 5.90. The van der Waals surface area contributed by atoms with Gasteiger partial charge in [-0.05, 0) is 25.3 Å². The summed E-state index contributed by atoms with van der Waals surface area (Å²) < 4.78 is 0. The molecule has 0 radical (unpaired) electrons. The van der Waals surface area contributed by atoms with Gasteiger partial charge in [-0.3, -0.25) is 9.59 Å². The Morgan fingerprint density at radius 3 is 2.65 bits per heavy atom. The number of rotatable bonds is 5. The molecule has 2 amide bonds. The van der Waals surface area contributed by atoms with Gasteiger partial charge >= 0.3 is 0 Å². The molecule has 0 aromatic rings. The predicted molar refractivity (Wildman–Crippen MR) is 66.3 cm³/mol. The Balaban J connectivity index is 2.61. The monoisotopic (exact) mass is 241 g/mol. The summed E-state index contributed by atoms with van der Waals surface area (Å²) in [7, 11) is 0. The van der Waals surface area contributed by atoms with Gasteiger partial charge in [-0.15, -0.1) is 0 Å². The Labute approximate surface area is 103 Å². The molecule has 0 bridgehead atoms. The molecule has 1 unspecified atom stereocenters. The number of nitrogens with zero attached hydrogens (tertiary/aromatic N) is 1. The van der Waals surface area contributed by atoms with Crippen LogP contribution in [-0.2, 0) is 9.59 Å². The zero-order valence-corrected chi connectivity index (χ0v) is 11.0. The normalized spacial score (nSPS) is 20.2. The predicted octanol–water partition coefficient (Wildman–Crippen LogP) is 0.0984. The second-order valence-electron chi connectivity index (χ2n) is 5.38. The molecule has 5 nitrogen and oxygen atoms in total. The molecule has 98 valence electrons. The molecule has 1 aliphatic heterocycles. The van der Waals surface area contributed by atoms with Crippen molar-refractivity contribution in [1.82, 2.24) is 10.2 Å². The second-order valence-corrected chi connectivity index (χ2v) is 5.38. The summed E-state index contributed by atoms with van der Waals surface area (Å²) in [6, 6.07) is -0.337. The van der Waals surface area contributed by atoms with Crippen molar-refractivity contribution in [2.45, 2.75) is 39.7 Å². The molecular formula is C12H23N3O2. The van der Waals surface area contributed by atoms with Crippen LogP contribution in [0.3, 0.4) is 0 Å². The van der Waals surface area contributed by atoms with Crippen LogP contribution in [0.2, 0.25) is 0 Å². The van der Waals surface area contributed by atoms with Gasteiger partial charge in [0.05, 0.1) is 0 Å². The molecule has 1 aliphatic rings. The molecule has 1 fully saturated rings. The highest BCUT2D eigenvalue weighted by Crippen LogP contribution is 2.17. The van der Waals surface area contributed by atoms with E-state index in [1.54, 1.807) is 4.90 Å². The first-order valence-corrected chi connectivity index (χ1v) is 6.18. The number of hydrogen-bond acceptors (Lipinski definition) is 3. The van der Waals surface area contributed by atoms with Crippen molar-refractivity contribution in [3.8, 4) is 0 Å². The molecule has 5 heteroatoms. The smallest absolute Gasteiger partial charge is 0.245 e. The van der Waals surface area contributed by atoms with Gasteiger partial charge in [0, 0.05) is 19.5 Å². The van der Waals surface area contributed by atoms with Gasteiger partial charge in [0.15, 0.2) is 0 Å². The quantitative estimate of drug-likeness (QED) is 0.716. The first kappa shape index (κ1) is 14.0. The number of nitrogens with one attached hydrogen (secondary N) is 1. The number of carbonyl (C=O) groups excluding carboxylic acids is 2. The van der Waals surface area contributed by atoms with Crippen LogP contribution >= 0.6 is 0 Å².